The van der Waals surface area contributed by atoms with E-state index in [2.05, 4.69) is 4.98 Å². The van der Waals surface area contributed by atoms with Crippen LogP contribution < -0.4 is 5.43 Å². The standard InChI is InChI=1S/C9H7NO.Cu/c11-8-4-3-7-2-1-5-10-9(7)6-8;/h1-6,10H;. The van der Waals surface area contributed by atoms with Gasteiger partial charge in [0.25, 0.3) is 0 Å². The first-order chi connectivity index (χ1) is 5.36. The number of nitrogens with one attached hydrogen (secondary N) is 1. The van der Waals surface area contributed by atoms with Crippen molar-refractivity contribution in [1.29, 1.82) is 0 Å². The van der Waals surface area contributed by atoms with E-state index < -0.39 is 0 Å². The number of H-pyrrole nitrogens is 1. The van der Waals surface area contributed by atoms with Gasteiger partial charge in [0.1, 0.15) is 0 Å². The molecule has 0 aromatic carbocycles. The summed E-state index contributed by atoms with van der Waals surface area (Å²) < 4.78 is 0. The average Bonchev–Trinajstić information content (AvgIpc) is 2.04. The molecule has 2 nitrogen and oxygen atoms in total. The molecule has 0 amide bonds. The summed E-state index contributed by atoms with van der Waals surface area (Å²) in [6.07, 6.45) is 1.81. The van der Waals surface area contributed by atoms with E-state index in [1.54, 1.807) is 12.1 Å². The van der Waals surface area contributed by atoms with Gasteiger partial charge in [0.15, 0.2) is 5.43 Å². The SMILES string of the molecule is O=c1ccc2ccc[nH]c-2c1.[Cu]. The summed E-state index contributed by atoms with van der Waals surface area (Å²) in [4.78, 5) is 13.9. The third kappa shape index (κ3) is 1.58. The van der Waals surface area contributed by atoms with Gasteiger partial charge < -0.3 is 4.98 Å². The summed E-state index contributed by atoms with van der Waals surface area (Å²) in [5.41, 5.74) is 1.99. The Labute approximate surface area is 80.4 Å². The third-order valence-electron chi connectivity index (χ3n) is 1.64. The van der Waals surface area contributed by atoms with E-state index in [0.717, 1.165) is 11.3 Å². The first kappa shape index (κ1) is 9.04. The van der Waals surface area contributed by atoms with Crippen molar-refractivity contribution in [2.75, 3.05) is 0 Å². The molecule has 0 bridgehead atoms. The normalized spacial score (nSPS) is 9.33. The van der Waals surface area contributed by atoms with E-state index in [1.165, 1.54) is 0 Å². The van der Waals surface area contributed by atoms with Crippen LogP contribution in [0, 0.1) is 0 Å². The van der Waals surface area contributed by atoms with Crippen molar-refractivity contribution in [1.82, 2.24) is 4.98 Å². The van der Waals surface area contributed by atoms with Crippen LogP contribution in [0.25, 0.3) is 11.3 Å². The van der Waals surface area contributed by atoms with Crippen molar-refractivity contribution in [2.24, 2.45) is 0 Å². The summed E-state index contributed by atoms with van der Waals surface area (Å²) in [6.45, 7) is 0. The molecule has 0 unspecified atom stereocenters. The molecule has 0 aromatic rings. The zero-order valence-electron chi connectivity index (χ0n) is 6.17. The van der Waals surface area contributed by atoms with Crippen LogP contribution in [0.1, 0.15) is 0 Å². The van der Waals surface area contributed by atoms with E-state index in [4.69, 9.17) is 0 Å². The largest absolute Gasteiger partial charge is 0.361 e. The maximum absolute atomic E-state index is 10.9. The Morgan fingerprint density at radius 3 is 2.83 bits per heavy atom. The minimum Gasteiger partial charge on any atom is -0.361 e. The van der Waals surface area contributed by atoms with E-state index in [-0.39, 0.29) is 22.5 Å². The van der Waals surface area contributed by atoms with Gasteiger partial charge in [0.05, 0.1) is 0 Å². The predicted molar refractivity (Wildman–Crippen MR) is 43.7 cm³/mol. The Hall–Kier alpha value is -1.05. The fourth-order valence-electron chi connectivity index (χ4n) is 1.10. The van der Waals surface area contributed by atoms with Crippen molar-refractivity contribution < 1.29 is 17.1 Å². The van der Waals surface area contributed by atoms with Gasteiger partial charge in [-0.1, -0.05) is 6.07 Å². The average molecular weight is 209 g/mol. The molecule has 1 N–H and O–H groups in total. The number of benzene rings is 1. The molecule has 1 aliphatic carbocycles. The topological polar surface area (TPSA) is 32.9 Å². The zero-order chi connectivity index (χ0) is 7.68. The number of hydrogen-bond donors (Lipinski definition) is 1. The summed E-state index contributed by atoms with van der Waals surface area (Å²) in [6, 6.07) is 8.84. The number of pyridine rings is 1. The molecule has 3 heteroatoms. The molecule has 1 radical (unpaired) electrons. The van der Waals surface area contributed by atoms with Crippen molar-refractivity contribution in [3.8, 4) is 11.3 Å². The van der Waals surface area contributed by atoms with Crippen LogP contribution in [0.4, 0.5) is 0 Å². The second-order valence-electron chi connectivity index (χ2n) is 2.42. The number of aromatic amines is 1. The van der Waals surface area contributed by atoms with Crippen LogP contribution >= 0.6 is 0 Å². The minimum atomic E-state index is 0. The van der Waals surface area contributed by atoms with Gasteiger partial charge in [0, 0.05) is 35.0 Å². The van der Waals surface area contributed by atoms with Crippen LogP contribution in [0.3, 0.4) is 0 Å². The Balaban J connectivity index is 0.000000720. The van der Waals surface area contributed by atoms with E-state index in [9.17, 15) is 4.79 Å². The molecule has 0 fully saturated rings. The molecule has 1 heterocycles. The van der Waals surface area contributed by atoms with Crippen LogP contribution in [-0.2, 0) is 17.1 Å². The number of rotatable bonds is 0. The zero-order valence-corrected chi connectivity index (χ0v) is 7.12. The molecule has 0 spiro atoms. The smallest absolute Gasteiger partial charge is 0.180 e. The Kier molecular flexibility index (Phi) is 2.69. The van der Waals surface area contributed by atoms with Crippen LogP contribution in [-0.4, -0.2) is 4.98 Å². The number of fused-ring (bicyclic) bond motifs is 1. The Morgan fingerprint density at radius 2 is 2.00 bits per heavy atom. The molecule has 2 aliphatic rings. The van der Waals surface area contributed by atoms with Crippen LogP contribution in [0.15, 0.2) is 41.3 Å². The molecule has 0 saturated carbocycles. The fourth-order valence-corrected chi connectivity index (χ4v) is 1.10. The summed E-state index contributed by atoms with van der Waals surface area (Å²) in [5, 5.41) is 0. The third-order valence-corrected chi connectivity index (χ3v) is 1.64. The van der Waals surface area contributed by atoms with Gasteiger partial charge in [-0.3, -0.25) is 4.79 Å². The summed E-state index contributed by atoms with van der Waals surface area (Å²) in [5.74, 6) is 0. The summed E-state index contributed by atoms with van der Waals surface area (Å²) >= 11 is 0. The first-order valence-electron chi connectivity index (χ1n) is 3.44. The molecular formula is C9H7CuNO. The van der Waals surface area contributed by atoms with Crippen molar-refractivity contribution in [3.63, 3.8) is 0 Å². The van der Waals surface area contributed by atoms with Crippen molar-refractivity contribution >= 4 is 0 Å². The van der Waals surface area contributed by atoms with Crippen LogP contribution in [0.2, 0.25) is 0 Å². The van der Waals surface area contributed by atoms with Gasteiger partial charge in [-0.25, -0.2) is 0 Å². The molecule has 0 atom stereocenters. The number of aromatic nitrogens is 1. The molecule has 65 valence electrons. The first-order valence-corrected chi connectivity index (χ1v) is 3.44. The Bertz CT molecular complexity index is 396. The van der Waals surface area contributed by atoms with Gasteiger partial charge in [-0.2, -0.15) is 0 Å². The maximum atomic E-state index is 10.9. The number of hydrogen-bond acceptors (Lipinski definition) is 1. The summed E-state index contributed by atoms with van der Waals surface area (Å²) in [7, 11) is 0. The Morgan fingerprint density at radius 1 is 1.17 bits per heavy atom. The molecular weight excluding hydrogens is 202 g/mol. The van der Waals surface area contributed by atoms with Gasteiger partial charge in [-0.15, -0.1) is 0 Å². The molecule has 0 aromatic heterocycles. The molecule has 1 aliphatic heterocycles. The second kappa shape index (κ2) is 3.57. The molecule has 0 saturated heterocycles. The fraction of sp³-hybridized carbons (Fsp3) is 0. The van der Waals surface area contributed by atoms with E-state index >= 15 is 0 Å². The van der Waals surface area contributed by atoms with Gasteiger partial charge in [0.2, 0.25) is 0 Å². The minimum absolute atomic E-state index is 0. The van der Waals surface area contributed by atoms with E-state index in [0.29, 0.717) is 0 Å². The van der Waals surface area contributed by atoms with Gasteiger partial charge in [-0.05, 0) is 23.8 Å². The molecule has 12 heavy (non-hydrogen) atoms. The van der Waals surface area contributed by atoms with Crippen molar-refractivity contribution in [3.05, 3.63) is 46.8 Å². The molecule has 2 rings (SSSR count). The van der Waals surface area contributed by atoms with Crippen molar-refractivity contribution in [2.45, 2.75) is 0 Å². The maximum Gasteiger partial charge on any atom is 0.180 e. The predicted octanol–water partition coefficient (Wildman–Crippen LogP) is 1.48. The van der Waals surface area contributed by atoms with E-state index in [1.807, 2.05) is 24.4 Å². The monoisotopic (exact) mass is 208 g/mol. The second-order valence-corrected chi connectivity index (χ2v) is 2.42. The quantitative estimate of drug-likeness (QED) is 0.654. The van der Waals surface area contributed by atoms with Crippen LogP contribution in [0.5, 0.6) is 0 Å². The van der Waals surface area contributed by atoms with Gasteiger partial charge >= 0.3 is 0 Å².